The molecule has 0 N–H and O–H groups in total. The molecule has 1 aromatic heterocycles. The maximum absolute atomic E-state index is 5.10. The van der Waals surface area contributed by atoms with Gasteiger partial charge >= 0.3 is 0 Å². The molecule has 0 radical (unpaired) electrons. The molecule has 1 heterocycles. The van der Waals surface area contributed by atoms with Crippen molar-refractivity contribution in [1.29, 1.82) is 0 Å². The maximum atomic E-state index is 5.10. The largest absolute Gasteiger partial charge is 0.497 e. The van der Waals surface area contributed by atoms with Gasteiger partial charge in [-0.3, -0.25) is 0 Å². The Kier molecular flexibility index (Phi) is 2.63. The quantitative estimate of drug-likeness (QED) is 0.747. The van der Waals surface area contributed by atoms with Gasteiger partial charge in [-0.1, -0.05) is 0 Å². The zero-order valence-corrected chi connectivity index (χ0v) is 8.77. The van der Waals surface area contributed by atoms with Gasteiger partial charge in [0.2, 0.25) is 0 Å². The van der Waals surface area contributed by atoms with Gasteiger partial charge < -0.3 is 4.74 Å². The minimum atomic E-state index is 0.852. The molecule has 3 nitrogen and oxygen atoms in total. The number of rotatable bonds is 2. The number of aromatic nitrogens is 2. The minimum absolute atomic E-state index is 0.852. The van der Waals surface area contributed by atoms with Crippen LogP contribution in [-0.4, -0.2) is 17.1 Å². The fourth-order valence-electron chi connectivity index (χ4n) is 1.45. The summed E-state index contributed by atoms with van der Waals surface area (Å²) in [6.07, 6.45) is 3.37. The number of aryl methyl sites for hydroxylation is 1. The molecule has 3 heteroatoms. The van der Waals surface area contributed by atoms with Crippen LogP contribution in [0.3, 0.4) is 0 Å². The standard InChI is InChI=1S/C12H12N2O/c1-9-7-13-8-14-12(9)10-3-5-11(15-2)6-4-10/h3-8H,1-2H3. The van der Waals surface area contributed by atoms with Crippen LogP contribution >= 0.6 is 0 Å². The number of hydrogen-bond acceptors (Lipinski definition) is 3. The van der Waals surface area contributed by atoms with Crippen molar-refractivity contribution in [2.45, 2.75) is 6.92 Å². The smallest absolute Gasteiger partial charge is 0.118 e. The van der Waals surface area contributed by atoms with Crippen LogP contribution in [0, 0.1) is 6.92 Å². The Morgan fingerprint density at radius 1 is 1.13 bits per heavy atom. The molecule has 0 spiro atoms. The van der Waals surface area contributed by atoms with E-state index >= 15 is 0 Å². The fourth-order valence-corrected chi connectivity index (χ4v) is 1.45. The van der Waals surface area contributed by atoms with E-state index in [0.717, 1.165) is 22.6 Å². The third-order valence-corrected chi connectivity index (χ3v) is 2.26. The van der Waals surface area contributed by atoms with Crippen LogP contribution in [-0.2, 0) is 0 Å². The Morgan fingerprint density at radius 2 is 1.87 bits per heavy atom. The maximum Gasteiger partial charge on any atom is 0.118 e. The van der Waals surface area contributed by atoms with Gasteiger partial charge in [0, 0.05) is 11.8 Å². The van der Waals surface area contributed by atoms with Crippen molar-refractivity contribution in [3.8, 4) is 17.0 Å². The van der Waals surface area contributed by atoms with E-state index in [0.29, 0.717) is 0 Å². The molecule has 0 unspecified atom stereocenters. The summed E-state index contributed by atoms with van der Waals surface area (Å²) in [6, 6.07) is 7.84. The highest BCUT2D eigenvalue weighted by atomic mass is 16.5. The Labute approximate surface area is 88.8 Å². The lowest BCUT2D eigenvalue weighted by atomic mass is 10.1. The van der Waals surface area contributed by atoms with Gasteiger partial charge in [-0.25, -0.2) is 9.97 Å². The molecule has 0 bridgehead atoms. The lowest BCUT2D eigenvalue weighted by Crippen LogP contribution is -1.89. The predicted molar refractivity (Wildman–Crippen MR) is 58.8 cm³/mol. The fraction of sp³-hybridized carbons (Fsp3) is 0.167. The van der Waals surface area contributed by atoms with Crippen molar-refractivity contribution >= 4 is 0 Å². The Bertz CT molecular complexity index is 451. The number of hydrogen-bond donors (Lipinski definition) is 0. The van der Waals surface area contributed by atoms with E-state index in [1.807, 2.05) is 37.4 Å². The first-order valence-electron chi connectivity index (χ1n) is 4.72. The van der Waals surface area contributed by atoms with Gasteiger partial charge in [0.05, 0.1) is 12.8 Å². The Morgan fingerprint density at radius 3 is 2.47 bits per heavy atom. The first kappa shape index (κ1) is 9.65. The molecule has 0 fully saturated rings. The van der Waals surface area contributed by atoms with Crippen molar-refractivity contribution in [3.63, 3.8) is 0 Å². The van der Waals surface area contributed by atoms with Gasteiger partial charge in [0.1, 0.15) is 12.1 Å². The summed E-state index contributed by atoms with van der Waals surface area (Å²) >= 11 is 0. The van der Waals surface area contributed by atoms with Crippen molar-refractivity contribution in [1.82, 2.24) is 9.97 Å². The van der Waals surface area contributed by atoms with Gasteiger partial charge in [0.15, 0.2) is 0 Å². The van der Waals surface area contributed by atoms with Crippen LogP contribution in [0.4, 0.5) is 0 Å². The summed E-state index contributed by atoms with van der Waals surface area (Å²) < 4.78 is 5.10. The molecule has 0 aliphatic rings. The average molecular weight is 200 g/mol. The normalized spacial score (nSPS) is 10.0. The molecule has 0 amide bonds. The molecule has 2 aromatic rings. The highest BCUT2D eigenvalue weighted by Gasteiger charge is 2.02. The molecule has 0 atom stereocenters. The summed E-state index contributed by atoms with van der Waals surface area (Å²) in [6.45, 7) is 2.00. The predicted octanol–water partition coefficient (Wildman–Crippen LogP) is 2.46. The minimum Gasteiger partial charge on any atom is -0.497 e. The van der Waals surface area contributed by atoms with Gasteiger partial charge in [-0.05, 0) is 36.8 Å². The second-order valence-corrected chi connectivity index (χ2v) is 3.28. The van der Waals surface area contributed by atoms with Crippen molar-refractivity contribution in [2.24, 2.45) is 0 Å². The number of ether oxygens (including phenoxy) is 1. The first-order valence-corrected chi connectivity index (χ1v) is 4.72. The summed E-state index contributed by atoms with van der Waals surface area (Å²) in [5.74, 6) is 0.852. The van der Waals surface area contributed by atoms with Crippen LogP contribution in [0.1, 0.15) is 5.56 Å². The lowest BCUT2D eigenvalue weighted by Gasteiger charge is -2.04. The third-order valence-electron chi connectivity index (χ3n) is 2.26. The van der Waals surface area contributed by atoms with Crippen LogP contribution in [0.2, 0.25) is 0 Å². The highest BCUT2D eigenvalue weighted by molar-refractivity contribution is 5.62. The lowest BCUT2D eigenvalue weighted by molar-refractivity contribution is 0.415. The monoisotopic (exact) mass is 200 g/mol. The van der Waals surface area contributed by atoms with Crippen LogP contribution in [0.25, 0.3) is 11.3 Å². The first-order chi connectivity index (χ1) is 7.31. The Balaban J connectivity index is 2.42. The molecule has 0 aliphatic carbocycles. The van der Waals surface area contributed by atoms with Gasteiger partial charge in [-0.15, -0.1) is 0 Å². The molecule has 1 aromatic carbocycles. The van der Waals surface area contributed by atoms with Crippen molar-refractivity contribution in [3.05, 3.63) is 42.4 Å². The molecular formula is C12H12N2O. The van der Waals surface area contributed by atoms with E-state index in [1.165, 1.54) is 0 Å². The van der Waals surface area contributed by atoms with E-state index in [4.69, 9.17) is 4.74 Å². The van der Waals surface area contributed by atoms with E-state index in [9.17, 15) is 0 Å². The summed E-state index contributed by atoms with van der Waals surface area (Å²) in [5.41, 5.74) is 3.12. The topological polar surface area (TPSA) is 35.0 Å². The summed E-state index contributed by atoms with van der Waals surface area (Å²) in [7, 11) is 1.66. The van der Waals surface area contributed by atoms with E-state index < -0.39 is 0 Å². The molecule has 0 saturated carbocycles. The van der Waals surface area contributed by atoms with Crippen molar-refractivity contribution in [2.75, 3.05) is 7.11 Å². The second kappa shape index (κ2) is 4.09. The van der Waals surface area contributed by atoms with Crippen LogP contribution < -0.4 is 4.74 Å². The molecule has 0 aliphatic heterocycles. The van der Waals surface area contributed by atoms with Crippen molar-refractivity contribution < 1.29 is 4.74 Å². The highest BCUT2D eigenvalue weighted by Crippen LogP contribution is 2.22. The number of benzene rings is 1. The molecule has 2 rings (SSSR count). The van der Waals surface area contributed by atoms with Gasteiger partial charge in [-0.2, -0.15) is 0 Å². The number of nitrogens with zero attached hydrogens (tertiary/aromatic N) is 2. The van der Waals surface area contributed by atoms with Gasteiger partial charge in [0.25, 0.3) is 0 Å². The molecule has 15 heavy (non-hydrogen) atoms. The average Bonchev–Trinajstić information content (AvgIpc) is 2.30. The summed E-state index contributed by atoms with van der Waals surface area (Å²) in [5, 5.41) is 0. The second-order valence-electron chi connectivity index (χ2n) is 3.28. The van der Waals surface area contributed by atoms with E-state index in [2.05, 4.69) is 9.97 Å². The van der Waals surface area contributed by atoms with E-state index in [-0.39, 0.29) is 0 Å². The Hall–Kier alpha value is -1.90. The van der Waals surface area contributed by atoms with E-state index in [1.54, 1.807) is 13.4 Å². The SMILES string of the molecule is COc1ccc(-c2ncncc2C)cc1. The third kappa shape index (κ3) is 1.96. The zero-order valence-electron chi connectivity index (χ0n) is 8.77. The molecular weight excluding hydrogens is 188 g/mol. The molecule has 76 valence electrons. The van der Waals surface area contributed by atoms with Crippen LogP contribution in [0.5, 0.6) is 5.75 Å². The van der Waals surface area contributed by atoms with Crippen LogP contribution in [0.15, 0.2) is 36.8 Å². The zero-order chi connectivity index (χ0) is 10.7. The molecule has 0 saturated heterocycles. The number of methoxy groups -OCH3 is 1. The summed E-state index contributed by atoms with van der Waals surface area (Å²) in [4.78, 5) is 8.22.